The smallest absolute Gasteiger partial charge is 0.332 e. The second kappa shape index (κ2) is 6.93. The number of halogens is 1. The molecule has 1 aromatic carbocycles. The largest absolute Gasteiger partial charge is 0.479 e. The molecule has 0 saturated heterocycles. The Kier molecular flexibility index (Phi) is 5.54. The lowest BCUT2D eigenvalue weighted by molar-refractivity contribution is -0.147. The van der Waals surface area contributed by atoms with Gasteiger partial charge in [-0.1, -0.05) is 28.1 Å². The number of aliphatic carboxylic acids is 1. The van der Waals surface area contributed by atoms with Gasteiger partial charge in [0.1, 0.15) is 0 Å². The molecule has 1 amide bonds. The predicted octanol–water partition coefficient (Wildman–Crippen LogP) is 1.90. The highest BCUT2D eigenvalue weighted by atomic mass is 79.9. The van der Waals surface area contributed by atoms with Crippen molar-refractivity contribution in [1.29, 1.82) is 0 Å². The molecule has 0 aliphatic carbocycles. The molecular formula is C12H12BrNO4. The minimum Gasteiger partial charge on any atom is -0.479 e. The molecule has 0 radical (unpaired) electrons. The zero-order valence-corrected chi connectivity index (χ0v) is 11.2. The molecule has 2 N–H and O–H groups in total. The molecule has 96 valence electrons. The number of hydrogen-bond donors (Lipinski definition) is 2. The van der Waals surface area contributed by atoms with Crippen LogP contribution >= 0.6 is 15.9 Å². The Bertz CT molecular complexity index is 485. The van der Waals surface area contributed by atoms with Crippen LogP contribution in [0.5, 0.6) is 0 Å². The number of nitrogens with one attached hydrogen (secondary N) is 1. The SMILES string of the molecule is Cc1ccc(C=CC(=O)NOCC(=O)O)c(Br)c1. The second-order valence-electron chi connectivity index (χ2n) is 3.51. The molecule has 0 aromatic heterocycles. The third-order valence-electron chi connectivity index (χ3n) is 1.94. The maximum absolute atomic E-state index is 11.2. The van der Waals surface area contributed by atoms with Crippen molar-refractivity contribution >= 4 is 33.9 Å². The molecule has 0 unspecified atom stereocenters. The summed E-state index contributed by atoms with van der Waals surface area (Å²) in [5.74, 6) is -1.68. The lowest BCUT2D eigenvalue weighted by atomic mass is 10.1. The van der Waals surface area contributed by atoms with E-state index in [1.165, 1.54) is 6.08 Å². The Morgan fingerprint density at radius 1 is 1.50 bits per heavy atom. The van der Waals surface area contributed by atoms with Gasteiger partial charge in [0.25, 0.3) is 5.91 Å². The first kappa shape index (κ1) is 14.4. The molecule has 5 nitrogen and oxygen atoms in total. The molecule has 0 fully saturated rings. The summed E-state index contributed by atoms with van der Waals surface area (Å²) in [7, 11) is 0. The summed E-state index contributed by atoms with van der Waals surface area (Å²) in [6, 6.07) is 5.71. The number of hydroxylamine groups is 1. The van der Waals surface area contributed by atoms with E-state index in [9.17, 15) is 9.59 Å². The zero-order valence-electron chi connectivity index (χ0n) is 9.64. The van der Waals surface area contributed by atoms with E-state index < -0.39 is 18.5 Å². The molecule has 0 bridgehead atoms. The summed E-state index contributed by atoms with van der Waals surface area (Å²) < 4.78 is 0.873. The third kappa shape index (κ3) is 5.11. The molecule has 0 heterocycles. The molecule has 0 aliphatic rings. The summed E-state index contributed by atoms with van der Waals surface area (Å²) in [4.78, 5) is 25.8. The van der Waals surface area contributed by atoms with Gasteiger partial charge in [0.2, 0.25) is 0 Å². The van der Waals surface area contributed by atoms with Gasteiger partial charge in [-0.2, -0.15) is 0 Å². The molecule has 1 aromatic rings. The zero-order chi connectivity index (χ0) is 13.5. The Labute approximate surface area is 113 Å². The van der Waals surface area contributed by atoms with Gasteiger partial charge in [-0.3, -0.25) is 9.63 Å². The molecule has 0 saturated carbocycles. The number of hydrogen-bond acceptors (Lipinski definition) is 3. The van der Waals surface area contributed by atoms with E-state index in [0.29, 0.717) is 0 Å². The molecular weight excluding hydrogens is 302 g/mol. The average Bonchev–Trinajstić information content (AvgIpc) is 2.27. The summed E-state index contributed by atoms with van der Waals surface area (Å²) in [5.41, 5.74) is 3.94. The van der Waals surface area contributed by atoms with Crippen molar-refractivity contribution < 1.29 is 19.5 Å². The number of carbonyl (C=O) groups is 2. The quantitative estimate of drug-likeness (QED) is 0.643. The number of amides is 1. The van der Waals surface area contributed by atoms with Crippen molar-refractivity contribution in [2.75, 3.05) is 6.61 Å². The highest BCUT2D eigenvalue weighted by Gasteiger charge is 2.00. The monoisotopic (exact) mass is 313 g/mol. The standard InChI is InChI=1S/C12H12BrNO4/c1-8-2-3-9(10(13)6-8)4-5-11(15)14-18-7-12(16)17/h2-6H,7H2,1H3,(H,14,15)(H,16,17). The second-order valence-corrected chi connectivity index (χ2v) is 4.36. The van der Waals surface area contributed by atoms with Crippen LogP contribution in [0, 0.1) is 6.92 Å². The number of rotatable bonds is 5. The van der Waals surface area contributed by atoms with Crippen molar-refractivity contribution in [3.63, 3.8) is 0 Å². The molecule has 6 heteroatoms. The van der Waals surface area contributed by atoms with Crippen LogP contribution in [0.3, 0.4) is 0 Å². The predicted molar refractivity (Wildman–Crippen MR) is 69.6 cm³/mol. The molecule has 1 rings (SSSR count). The maximum Gasteiger partial charge on any atom is 0.332 e. The topological polar surface area (TPSA) is 75.6 Å². The average molecular weight is 314 g/mol. The van der Waals surface area contributed by atoms with Gasteiger partial charge in [0.05, 0.1) is 0 Å². The Balaban J connectivity index is 2.53. The van der Waals surface area contributed by atoms with Crippen LogP contribution in [-0.2, 0) is 14.4 Å². The first-order chi connectivity index (χ1) is 8.49. The van der Waals surface area contributed by atoms with Gasteiger partial charge in [-0.05, 0) is 30.2 Å². The normalized spacial score (nSPS) is 10.6. The number of benzene rings is 1. The van der Waals surface area contributed by atoms with E-state index >= 15 is 0 Å². The van der Waals surface area contributed by atoms with Crippen LogP contribution in [-0.4, -0.2) is 23.6 Å². The lowest BCUT2D eigenvalue weighted by Crippen LogP contribution is -2.24. The summed E-state index contributed by atoms with van der Waals surface area (Å²) >= 11 is 3.38. The van der Waals surface area contributed by atoms with Crippen molar-refractivity contribution in [1.82, 2.24) is 5.48 Å². The van der Waals surface area contributed by atoms with Gasteiger partial charge in [-0.15, -0.1) is 0 Å². The molecule has 0 aliphatic heterocycles. The molecule has 0 spiro atoms. The van der Waals surface area contributed by atoms with Gasteiger partial charge in [0, 0.05) is 10.5 Å². The van der Waals surface area contributed by atoms with Crippen LogP contribution < -0.4 is 5.48 Å². The molecule has 0 atom stereocenters. The van der Waals surface area contributed by atoms with Crippen LogP contribution in [0.15, 0.2) is 28.7 Å². The fraction of sp³-hybridized carbons (Fsp3) is 0.167. The highest BCUT2D eigenvalue weighted by Crippen LogP contribution is 2.19. The first-order valence-corrected chi connectivity index (χ1v) is 5.86. The Morgan fingerprint density at radius 3 is 2.83 bits per heavy atom. The minimum atomic E-state index is -1.15. The van der Waals surface area contributed by atoms with E-state index in [1.54, 1.807) is 6.08 Å². The van der Waals surface area contributed by atoms with Crippen molar-refractivity contribution in [3.8, 4) is 0 Å². The summed E-state index contributed by atoms with van der Waals surface area (Å²) in [6.07, 6.45) is 2.86. The number of carboxylic acid groups (broad SMARTS) is 1. The highest BCUT2D eigenvalue weighted by molar-refractivity contribution is 9.10. The fourth-order valence-corrected chi connectivity index (χ4v) is 1.76. The number of carboxylic acids is 1. The number of aryl methyl sites for hydroxylation is 1. The fourth-order valence-electron chi connectivity index (χ4n) is 1.14. The number of carbonyl (C=O) groups excluding carboxylic acids is 1. The van der Waals surface area contributed by atoms with Crippen LogP contribution in [0.4, 0.5) is 0 Å². The Morgan fingerprint density at radius 2 is 2.22 bits per heavy atom. The molecule has 18 heavy (non-hydrogen) atoms. The van der Waals surface area contributed by atoms with Crippen molar-refractivity contribution in [2.24, 2.45) is 0 Å². The maximum atomic E-state index is 11.2. The van der Waals surface area contributed by atoms with E-state index in [-0.39, 0.29) is 0 Å². The van der Waals surface area contributed by atoms with Gasteiger partial charge in [0.15, 0.2) is 6.61 Å². The summed E-state index contributed by atoms with van der Waals surface area (Å²) in [6.45, 7) is 1.39. The van der Waals surface area contributed by atoms with E-state index in [0.717, 1.165) is 15.6 Å². The van der Waals surface area contributed by atoms with Gasteiger partial charge >= 0.3 is 5.97 Å². The Hall–Kier alpha value is -1.66. The van der Waals surface area contributed by atoms with Crippen LogP contribution in [0.25, 0.3) is 6.08 Å². The van der Waals surface area contributed by atoms with Gasteiger partial charge in [-0.25, -0.2) is 10.3 Å². The van der Waals surface area contributed by atoms with Crippen molar-refractivity contribution in [3.05, 3.63) is 39.9 Å². The first-order valence-electron chi connectivity index (χ1n) is 5.07. The van der Waals surface area contributed by atoms with Crippen LogP contribution in [0.2, 0.25) is 0 Å². The minimum absolute atomic E-state index is 0.524. The van der Waals surface area contributed by atoms with E-state index in [1.807, 2.05) is 30.6 Å². The summed E-state index contributed by atoms with van der Waals surface area (Å²) in [5, 5.41) is 8.30. The van der Waals surface area contributed by atoms with E-state index in [4.69, 9.17) is 5.11 Å². The third-order valence-corrected chi connectivity index (χ3v) is 2.63. The van der Waals surface area contributed by atoms with E-state index in [2.05, 4.69) is 20.8 Å². The lowest BCUT2D eigenvalue weighted by Gasteiger charge is -2.01. The van der Waals surface area contributed by atoms with Crippen molar-refractivity contribution in [2.45, 2.75) is 6.92 Å². The van der Waals surface area contributed by atoms with Crippen LogP contribution in [0.1, 0.15) is 11.1 Å². The van der Waals surface area contributed by atoms with Gasteiger partial charge < -0.3 is 5.11 Å².